The van der Waals surface area contributed by atoms with Gasteiger partial charge in [0.1, 0.15) is 0 Å². The third-order valence-electron chi connectivity index (χ3n) is 1.48. The number of hydrogen-bond acceptors (Lipinski definition) is 2. The molecule has 0 heterocycles. The summed E-state index contributed by atoms with van der Waals surface area (Å²) < 4.78 is 13.0. The molecule has 0 atom stereocenters. The van der Waals surface area contributed by atoms with Gasteiger partial charge in [-0.1, -0.05) is 24.3 Å². The zero-order chi connectivity index (χ0) is 9.68. The van der Waals surface area contributed by atoms with E-state index in [1.165, 1.54) is 12.2 Å². The van der Waals surface area contributed by atoms with Gasteiger partial charge in [-0.2, -0.15) is 4.39 Å². The lowest BCUT2D eigenvalue weighted by Gasteiger charge is -1.90. The van der Waals surface area contributed by atoms with Crippen LogP contribution in [0.15, 0.2) is 48.0 Å². The maximum Gasteiger partial charge on any atom is 0.304 e. The summed E-state index contributed by atoms with van der Waals surface area (Å²) >= 11 is 0. The first-order valence-corrected chi connectivity index (χ1v) is 3.75. The van der Waals surface area contributed by atoms with E-state index >= 15 is 0 Å². The van der Waals surface area contributed by atoms with Crippen molar-refractivity contribution in [3.63, 3.8) is 0 Å². The molecule has 13 heavy (non-hydrogen) atoms. The van der Waals surface area contributed by atoms with Gasteiger partial charge >= 0.3 is 5.70 Å². The minimum Gasteiger partial charge on any atom is -0.258 e. The lowest BCUT2D eigenvalue weighted by molar-refractivity contribution is -0.421. The number of allylic oxidation sites excluding steroid dienone is 7. The molecule has 0 bridgehead atoms. The molecule has 1 aliphatic carbocycles. The van der Waals surface area contributed by atoms with E-state index in [2.05, 4.69) is 0 Å². The Balaban J connectivity index is 3.07. The van der Waals surface area contributed by atoms with Crippen LogP contribution < -0.4 is 0 Å². The highest BCUT2D eigenvalue weighted by molar-refractivity contribution is 5.27. The van der Waals surface area contributed by atoms with Crippen LogP contribution >= 0.6 is 0 Å². The topological polar surface area (TPSA) is 43.1 Å². The molecule has 0 unspecified atom stereocenters. The average Bonchev–Trinajstić information content (AvgIpc) is 2.16. The molecule has 0 radical (unpaired) electrons. The van der Waals surface area contributed by atoms with Crippen LogP contribution in [0.25, 0.3) is 0 Å². The van der Waals surface area contributed by atoms with Crippen LogP contribution in [0.3, 0.4) is 0 Å². The molecule has 0 spiro atoms. The van der Waals surface area contributed by atoms with Gasteiger partial charge in [0.05, 0.1) is 4.92 Å². The molecule has 0 aromatic rings. The Morgan fingerprint density at radius 2 is 2.08 bits per heavy atom. The van der Waals surface area contributed by atoms with Crippen LogP contribution in [0.2, 0.25) is 0 Å². The summed E-state index contributed by atoms with van der Waals surface area (Å²) in [5.74, 6) is -0.815. The van der Waals surface area contributed by atoms with E-state index in [9.17, 15) is 14.5 Å². The van der Waals surface area contributed by atoms with Gasteiger partial charge < -0.3 is 0 Å². The number of halogens is 1. The molecular weight excluding hydrogens is 173 g/mol. The molecule has 1 rings (SSSR count). The Hall–Kier alpha value is -1.71. The molecule has 4 heteroatoms. The van der Waals surface area contributed by atoms with Crippen LogP contribution in [0.1, 0.15) is 6.42 Å². The molecule has 0 aromatic carbocycles. The fourth-order valence-electron chi connectivity index (χ4n) is 0.867. The molecule has 0 aromatic heterocycles. The molecule has 0 fully saturated rings. The highest BCUT2D eigenvalue weighted by Gasteiger charge is 2.12. The van der Waals surface area contributed by atoms with Crippen LogP contribution in [0, 0.1) is 10.1 Å². The fraction of sp³-hybridized carbons (Fsp3) is 0.111. The van der Waals surface area contributed by atoms with E-state index in [0.29, 0.717) is 6.42 Å². The minimum absolute atomic E-state index is 0.511. The van der Waals surface area contributed by atoms with Gasteiger partial charge in [0.15, 0.2) is 5.83 Å². The first kappa shape index (κ1) is 9.38. The molecule has 0 saturated carbocycles. The summed E-state index contributed by atoms with van der Waals surface area (Å²) in [6.45, 7) is 0. The SMILES string of the molecule is O=[N+]([O-])C1=C(\F)C=CC\C=C/C=C\1. The second kappa shape index (κ2) is 4.35. The van der Waals surface area contributed by atoms with Crippen LogP contribution in [0.5, 0.6) is 0 Å². The Morgan fingerprint density at radius 1 is 1.31 bits per heavy atom. The maximum atomic E-state index is 13.0. The summed E-state index contributed by atoms with van der Waals surface area (Å²) in [6.07, 6.45) is 9.23. The van der Waals surface area contributed by atoms with E-state index in [4.69, 9.17) is 0 Å². The largest absolute Gasteiger partial charge is 0.304 e. The second-order valence-corrected chi connectivity index (χ2v) is 2.42. The van der Waals surface area contributed by atoms with Crippen LogP contribution in [0.4, 0.5) is 4.39 Å². The summed E-state index contributed by atoms with van der Waals surface area (Å²) in [5.41, 5.74) is -0.511. The average molecular weight is 181 g/mol. The summed E-state index contributed by atoms with van der Waals surface area (Å²) in [5, 5.41) is 10.3. The Kier molecular flexibility index (Phi) is 3.14. The van der Waals surface area contributed by atoms with E-state index < -0.39 is 16.4 Å². The van der Waals surface area contributed by atoms with E-state index in [1.54, 1.807) is 12.2 Å². The van der Waals surface area contributed by atoms with Gasteiger partial charge in [0.25, 0.3) is 0 Å². The van der Waals surface area contributed by atoms with E-state index in [-0.39, 0.29) is 0 Å². The zero-order valence-corrected chi connectivity index (χ0v) is 6.81. The van der Waals surface area contributed by atoms with E-state index in [0.717, 1.165) is 12.2 Å². The summed E-state index contributed by atoms with van der Waals surface area (Å²) in [6, 6.07) is 0. The first-order valence-electron chi connectivity index (χ1n) is 3.75. The minimum atomic E-state index is -0.815. The molecule has 1 aliphatic rings. The molecule has 3 nitrogen and oxygen atoms in total. The summed E-state index contributed by atoms with van der Waals surface area (Å²) in [4.78, 5) is 9.60. The highest BCUT2D eigenvalue weighted by atomic mass is 19.1. The normalized spacial score (nSPS) is 27.2. The first-order chi connectivity index (χ1) is 6.22. The van der Waals surface area contributed by atoms with Crippen molar-refractivity contribution in [3.05, 3.63) is 58.1 Å². The predicted octanol–water partition coefficient (Wildman–Crippen LogP) is 2.52. The molecule has 0 saturated heterocycles. The van der Waals surface area contributed by atoms with Crippen molar-refractivity contribution in [3.8, 4) is 0 Å². The second-order valence-electron chi connectivity index (χ2n) is 2.42. The van der Waals surface area contributed by atoms with Gasteiger partial charge in [0, 0.05) is 6.08 Å². The van der Waals surface area contributed by atoms with Gasteiger partial charge in [-0.05, 0) is 12.5 Å². The van der Waals surface area contributed by atoms with Crippen molar-refractivity contribution >= 4 is 0 Å². The predicted molar refractivity (Wildman–Crippen MR) is 47.2 cm³/mol. The smallest absolute Gasteiger partial charge is 0.258 e. The van der Waals surface area contributed by atoms with Gasteiger partial charge in [-0.25, -0.2) is 0 Å². The van der Waals surface area contributed by atoms with Crippen molar-refractivity contribution in [1.29, 1.82) is 0 Å². The maximum absolute atomic E-state index is 13.0. The molecule has 68 valence electrons. The fourth-order valence-corrected chi connectivity index (χ4v) is 0.867. The highest BCUT2D eigenvalue weighted by Crippen LogP contribution is 2.12. The number of nitro groups is 1. The molecule has 0 N–H and O–H groups in total. The quantitative estimate of drug-likeness (QED) is 0.460. The molecular formula is C9H8FNO2. The third-order valence-corrected chi connectivity index (χ3v) is 1.48. The van der Waals surface area contributed by atoms with Gasteiger partial charge in [-0.15, -0.1) is 0 Å². The number of nitrogens with zero attached hydrogens (tertiary/aromatic N) is 1. The Bertz CT molecular complexity index is 327. The van der Waals surface area contributed by atoms with E-state index in [1.807, 2.05) is 0 Å². The monoisotopic (exact) mass is 181 g/mol. The number of hydrogen-bond donors (Lipinski definition) is 0. The molecule has 0 amide bonds. The van der Waals surface area contributed by atoms with Crippen LogP contribution in [-0.2, 0) is 0 Å². The van der Waals surface area contributed by atoms with Crippen molar-refractivity contribution in [2.45, 2.75) is 6.42 Å². The van der Waals surface area contributed by atoms with Crippen molar-refractivity contribution < 1.29 is 9.31 Å². The van der Waals surface area contributed by atoms with Gasteiger partial charge in [-0.3, -0.25) is 10.1 Å². The summed E-state index contributed by atoms with van der Waals surface area (Å²) in [7, 11) is 0. The Labute approximate surface area is 74.7 Å². The van der Waals surface area contributed by atoms with Crippen molar-refractivity contribution in [2.24, 2.45) is 0 Å². The van der Waals surface area contributed by atoms with Crippen molar-refractivity contribution in [2.75, 3.05) is 0 Å². The molecule has 0 aliphatic heterocycles. The lowest BCUT2D eigenvalue weighted by Crippen LogP contribution is -1.97. The van der Waals surface area contributed by atoms with Crippen molar-refractivity contribution in [1.82, 2.24) is 0 Å². The zero-order valence-electron chi connectivity index (χ0n) is 6.81. The Morgan fingerprint density at radius 3 is 2.77 bits per heavy atom. The standard InChI is InChI=1S/C9H8FNO2/c10-8-6-4-2-1-3-5-7-9(8)11(12)13/h1,3-7H,2H2/b3-1-,6-4?,7-5-,9-8-. The van der Waals surface area contributed by atoms with Crippen LogP contribution in [-0.4, -0.2) is 4.92 Å². The van der Waals surface area contributed by atoms with Gasteiger partial charge in [0.2, 0.25) is 0 Å². The lowest BCUT2D eigenvalue weighted by atomic mass is 10.3. The third kappa shape index (κ3) is 2.66. The number of rotatable bonds is 1.